The minimum atomic E-state index is 0.525. The minimum Gasteiger partial charge on any atom is -0.310 e. The van der Waals surface area contributed by atoms with E-state index in [4.69, 9.17) is 0 Å². The molecule has 1 aliphatic rings. The van der Waals surface area contributed by atoms with E-state index in [9.17, 15) is 0 Å². The molecule has 1 aromatic rings. The van der Waals surface area contributed by atoms with Crippen molar-refractivity contribution in [1.82, 2.24) is 5.32 Å². The molecule has 1 atom stereocenters. The molecular weight excluding hydrogens is 274 g/mol. The van der Waals surface area contributed by atoms with E-state index in [2.05, 4.69) is 53.3 Å². The molecular formula is C15H22BrN. The zero-order valence-corrected chi connectivity index (χ0v) is 12.4. The van der Waals surface area contributed by atoms with Crippen molar-refractivity contribution in [3.8, 4) is 0 Å². The Kier molecular flexibility index (Phi) is 4.63. The van der Waals surface area contributed by atoms with Crippen LogP contribution in [0.25, 0.3) is 0 Å². The highest BCUT2D eigenvalue weighted by Crippen LogP contribution is 2.38. The zero-order chi connectivity index (χ0) is 12.3. The first-order valence-electron chi connectivity index (χ1n) is 6.71. The summed E-state index contributed by atoms with van der Waals surface area (Å²) in [5, 5.41) is 3.67. The fourth-order valence-electron chi connectivity index (χ4n) is 2.93. The Bertz CT molecular complexity index is 369. The number of benzene rings is 1. The van der Waals surface area contributed by atoms with E-state index in [0.29, 0.717) is 6.04 Å². The molecule has 17 heavy (non-hydrogen) atoms. The average molecular weight is 296 g/mol. The predicted molar refractivity (Wildman–Crippen MR) is 77.3 cm³/mol. The van der Waals surface area contributed by atoms with Crippen molar-refractivity contribution in [2.45, 2.75) is 45.6 Å². The molecule has 1 saturated carbocycles. The van der Waals surface area contributed by atoms with Crippen LogP contribution in [0, 0.1) is 12.8 Å². The maximum absolute atomic E-state index is 3.72. The van der Waals surface area contributed by atoms with Crippen LogP contribution in [0.4, 0.5) is 0 Å². The fraction of sp³-hybridized carbons (Fsp3) is 0.600. The van der Waals surface area contributed by atoms with E-state index >= 15 is 0 Å². The third kappa shape index (κ3) is 3.11. The van der Waals surface area contributed by atoms with E-state index < -0.39 is 0 Å². The first-order valence-corrected chi connectivity index (χ1v) is 7.51. The zero-order valence-electron chi connectivity index (χ0n) is 10.8. The van der Waals surface area contributed by atoms with Gasteiger partial charge in [-0.15, -0.1) is 0 Å². The van der Waals surface area contributed by atoms with Crippen LogP contribution in [0.15, 0.2) is 22.7 Å². The molecule has 2 heteroatoms. The quantitative estimate of drug-likeness (QED) is 0.856. The second-order valence-electron chi connectivity index (χ2n) is 5.10. The van der Waals surface area contributed by atoms with Gasteiger partial charge in [-0.3, -0.25) is 0 Å². The average Bonchev–Trinajstić information content (AvgIpc) is 2.80. The van der Waals surface area contributed by atoms with Gasteiger partial charge in [-0.2, -0.15) is 0 Å². The SMILES string of the molecule is CCNC(c1ccc(C)cc1Br)C1CCCC1. The van der Waals surface area contributed by atoms with Gasteiger partial charge in [-0.05, 0) is 49.4 Å². The molecule has 0 aliphatic heterocycles. The van der Waals surface area contributed by atoms with Gasteiger partial charge in [0.05, 0.1) is 0 Å². The Hall–Kier alpha value is -0.340. The van der Waals surface area contributed by atoms with Gasteiger partial charge in [0.15, 0.2) is 0 Å². The summed E-state index contributed by atoms with van der Waals surface area (Å²) in [5.41, 5.74) is 2.76. The largest absolute Gasteiger partial charge is 0.310 e. The van der Waals surface area contributed by atoms with Gasteiger partial charge in [0.2, 0.25) is 0 Å². The summed E-state index contributed by atoms with van der Waals surface area (Å²) in [6.45, 7) is 5.39. The molecule has 0 spiro atoms. The van der Waals surface area contributed by atoms with Gasteiger partial charge >= 0.3 is 0 Å². The third-order valence-corrected chi connectivity index (χ3v) is 4.47. The molecule has 0 heterocycles. The maximum atomic E-state index is 3.72. The van der Waals surface area contributed by atoms with Crippen LogP contribution in [-0.4, -0.2) is 6.54 Å². The molecule has 2 rings (SSSR count). The molecule has 0 bridgehead atoms. The van der Waals surface area contributed by atoms with Crippen LogP contribution in [0.1, 0.15) is 49.8 Å². The second kappa shape index (κ2) is 6.01. The van der Waals surface area contributed by atoms with Gasteiger partial charge in [-0.1, -0.05) is 47.8 Å². The normalized spacial score (nSPS) is 18.5. The van der Waals surface area contributed by atoms with E-state index in [0.717, 1.165) is 12.5 Å². The number of rotatable bonds is 4. The molecule has 0 saturated heterocycles. The maximum Gasteiger partial charge on any atom is 0.0359 e. The van der Waals surface area contributed by atoms with Crippen molar-refractivity contribution >= 4 is 15.9 Å². The van der Waals surface area contributed by atoms with Crippen molar-refractivity contribution < 1.29 is 0 Å². The summed E-state index contributed by atoms with van der Waals surface area (Å²) < 4.78 is 1.26. The number of hydrogen-bond donors (Lipinski definition) is 1. The van der Waals surface area contributed by atoms with Crippen molar-refractivity contribution in [1.29, 1.82) is 0 Å². The predicted octanol–water partition coefficient (Wildman–Crippen LogP) is 4.60. The Labute approximate surface area is 113 Å². The minimum absolute atomic E-state index is 0.525. The van der Waals surface area contributed by atoms with Gasteiger partial charge < -0.3 is 5.32 Å². The van der Waals surface area contributed by atoms with Crippen LogP contribution in [0.3, 0.4) is 0 Å². The van der Waals surface area contributed by atoms with Crippen molar-refractivity contribution in [3.05, 3.63) is 33.8 Å². The van der Waals surface area contributed by atoms with Gasteiger partial charge in [0.25, 0.3) is 0 Å². The van der Waals surface area contributed by atoms with Gasteiger partial charge in [0.1, 0.15) is 0 Å². The molecule has 94 valence electrons. The Morgan fingerprint density at radius 3 is 2.65 bits per heavy atom. The van der Waals surface area contributed by atoms with E-state index in [1.54, 1.807) is 0 Å². The van der Waals surface area contributed by atoms with E-state index in [1.165, 1.54) is 41.3 Å². The number of nitrogens with one attached hydrogen (secondary N) is 1. The number of halogens is 1. The lowest BCUT2D eigenvalue weighted by Crippen LogP contribution is -2.27. The summed E-state index contributed by atoms with van der Waals surface area (Å²) in [6.07, 6.45) is 5.54. The fourth-order valence-corrected chi connectivity index (χ4v) is 3.67. The Balaban J connectivity index is 2.24. The lowest BCUT2D eigenvalue weighted by molar-refractivity contribution is 0.373. The number of aryl methyl sites for hydroxylation is 1. The summed E-state index contributed by atoms with van der Waals surface area (Å²) in [4.78, 5) is 0. The van der Waals surface area contributed by atoms with Crippen LogP contribution in [-0.2, 0) is 0 Å². The summed E-state index contributed by atoms with van der Waals surface area (Å²) in [6, 6.07) is 7.26. The Morgan fingerprint density at radius 1 is 1.35 bits per heavy atom. The van der Waals surface area contributed by atoms with Crippen LogP contribution < -0.4 is 5.32 Å². The molecule has 1 aromatic carbocycles. The number of hydrogen-bond acceptors (Lipinski definition) is 1. The summed E-state index contributed by atoms with van der Waals surface area (Å²) >= 11 is 3.72. The van der Waals surface area contributed by atoms with E-state index in [-0.39, 0.29) is 0 Å². The molecule has 0 aromatic heterocycles. The first-order chi connectivity index (χ1) is 8.22. The van der Waals surface area contributed by atoms with Gasteiger partial charge in [0, 0.05) is 10.5 Å². The second-order valence-corrected chi connectivity index (χ2v) is 5.96. The van der Waals surface area contributed by atoms with Crippen molar-refractivity contribution in [3.63, 3.8) is 0 Å². The highest BCUT2D eigenvalue weighted by Gasteiger charge is 2.26. The van der Waals surface area contributed by atoms with Crippen LogP contribution >= 0.6 is 15.9 Å². The topological polar surface area (TPSA) is 12.0 Å². The molecule has 1 nitrogen and oxygen atoms in total. The lowest BCUT2D eigenvalue weighted by atomic mass is 9.91. The molecule has 0 amide bonds. The standard InChI is InChI=1S/C15H22BrN/c1-3-17-15(12-6-4-5-7-12)13-9-8-11(2)10-14(13)16/h8-10,12,15,17H,3-7H2,1-2H3. The van der Waals surface area contributed by atoms with E-state index in [1.807, 2.05) is 0 Å². The summed E-state index contributed by atoms with van der Waals surface area (Å²) in [7, 11) is 0. The van der Waals surface area contributed by atoms with Crippen LogP contribution in [0.5, 0.6) is 0 Å². The monoisotopic (exact) mass is 295 g/mol. The van der Waals surface area contributed by atoms with Gasteiger partial charge in [-0.25, -0.2) is 0 Å². The summed E-state index contributed by atoms with van der Waals surface area (Å²) in [5.74, 6) is 0.814. The third-order valence-electron chi connectivity index (χ3n) is 3.79. The van der Waals surface area contributed by atoms with Crippen LogP contribution in [0.2, 0.25) is 0 Å². The van der Waals surface area contributed by atoms with Crippen molar-refractivity contribution in [2.75, 3.05) is 6.54 Å². The molecule has 1 aliphatic carbocycles. The van der Waals surface area contributed by atoms with Crippen molar-refractivity contribution in [2.24, 2.45) is 5.92 Å². The molecule has 1 fully saturated rings. The lowest BCUT2D eigenvalue weighted by Gasteiger charge is -2.26. The smallest absolute Gasteiger partial charge is 0.0359 e. The Morgan fingerprint density at radius 2 is 2.06 bits per heavy atom. The molecule has 1 N–H and O–H groups in total. The highest BCUT2D eigenvalue weighted by atomic mass is 79.9. The molecule has 1 unspecified atom stereocenters. The molecule has 0 radical (unpaired) electrons. The highest BCUT2D eigenvalue weighted by molar-refractivity contribution is 9.10. The first kappa shape index (κ1) is 13.1.